The first-order valence-corrected chi connectivity index (χ1v) is 8.32. The predicted molar refractivity (Wildman–Crippen MR) is 97.3 cm³/mol. The van der Waals surface area contributed by atoms with Gasteiger partial charge in [0.05, 0.1) is 12.8 Å². The molecule has 2 aromatic carbocycles. The van der Waals surface area contributed by atoms with E-state index in [0.29, 0.717) is 23.5 Å². The first-order valence-electron chi connectivity index (χ1n) is 7.53. The monoisotopic (exact) mass is 390 g/mol. The molecule has 0 aliphatic rings. The third-order valence-corrected chi connectivity index (χ3v) is 4.00. The Kier molecular flexibility index (Phi) is 6.37. The maximum absolute atomic E-state index is 12.5. The smallest absolute Gasteiger partial charge is 0.254 e. The first kappa shape index (κ1) is 18.0. The van der Waals surface area contributed by atoms with Crippen molar-refractivity contribution in [1.82, 2.24) is 4.90 Å². The van der Waals surface area contributed by atoms with Gasteiger partial charge in [-0.15, -0.1) is 0 Å². The van der Waals surface area contributed by atoms with Gasteiger partial charge in [-0.25, -0.2) is 0 Å². The Morgan fingerprint density at radius 2 is 1.79 bits per heavy atom. The molecule has 0 unspecified atom stereocenters. The second-order valence-electron chi connectivity index (χ2n) is 5.07. The number of halogens is 1. The van der Waals surface area contributed by atoms with Gasteiger partial charge in [0.25, 0.3) is 5.91 Å². The number of rotatable bonds is 6. The minimum Gasteiger partial charge on any atom is -0.495 e. The second-order valence-corrected chi connectivity index (χ2v) is 5.99. The number of amides is 2. The van der Waals surface area contributed by atoms with Gasteiger partial charge < -0.3 is 15.0 Å². The van der Waals surface area contributed by atoms with Crippen LogP contribution in [-0.4, -0.2) is 36.9 Å². The van der Waals surface area contributed by atoms with E-state index in [1.165, 1.54) is 4.90 Å². The molecule has 0 aliphatic heterocycles. The standard InChI is InChI=1S/C18H19BrN2O3/c1-3-21(18(23)13-8-10-14(19)11-9-13)12-17(22)20-15-6-4-5-7-16(15)24-2/h4-11H,3,12H2,1-2H3,(H,20,22). The highest BCUT2D eigenvalue weighted by atomic mass is 79.9. The van der Waals surface area contributed by atoms with Crippen molar-refractivity contribution >= 4 is 33.4 Å². The SMILES string of the molecule is CCN(CC(=O)Nc1ccccc1OC)C(=O)c1ccc(Br)cc1. The van der Waals surface area contributed by atoms with E-state index in [1.807, 2.05) is 19.1 Å². The van der Waals surface area contributed by atoms with E-state index in [1.54, 1.807) is 43.5 Å². The third-order valence-electron chi connectivity index (χ3n) is 3.48. The van der Waals surface area contributed by atoms with Crippen molar-refractivity contribution in [2.24, 2.45) is 0 Å². The highest BCUT2D eigenvalue weighted by Gasteiger charge is 2.18. The molecule has 126 valence electrons. The zero-order valence-corrected chi connectivity index (χ0v) is 15.2. The number of ether oxygens (including phenoxy) is 1. The van der Waals surface area contributed by atoms with E-state index in [9.17, 15) is 9.59 Å². The molecule has 24 heavy (non-hydrogen) atoms. The molecule has 0 spiro atoms. The Labute approximate surface area is 149 Å². The van der Waals surface area contributed by atoms with E-state index in [4.69, 9.17) is 4.74 Å². The molecule has 0 aliphatic carbocycles. The van der Waals surface area contributed by atoms with Gasteiger partial charge in [0.15, 0.2) is 0 Å². The Hall–Kier alpha value is -2.34. The maximum atomic E-state index is 12.5. The Balaban J connectivity index is 2.05. The molecule has 0 heterocycles. The number of hydrogen-bond acceptors (Lipinski definition) is 3. The van der Waals surface area contributed by atoms with Crippen molar-refractivity contribution in [2.45, 2.75) is 6.92 Å². The van der Waals surface area contributed by atoms with E-state index in [2.05, 4.69) is 21.2 Å². The molecule has 0 saturated heterocycles. The fourth-order valence-corrected chi connectivity index (χ4v) is 2.48. The van der Waals surface area contributed by atoms with Crippen LogP contribution in [0.3, 0.4) is 0 Å². The second kappa shape index (κ2) is 8.49. The van der Waals surface area contributed by atoms with E-state index >= 15 is 0 Å². The number of para-hydroxylation sites is 2. The van der Waals surface area contributed by atoms with Gasteiger partial charge in [0.1, 0.15) is 12.3 Å². The van der Waals surface area contributed by atoms with Crippen molar-refractivity contribution in [3.8, 4) is 5.75 Å². The van der Waals surface area contributed by atoms with Crippen molar-refractivity contribution in [2.75, 3.05) is 25.5 Å². The van der Waals surface area contributed by atoms with Gasteiger partial charge in [-0.1, -0.05) is 28.1 Å². The number of nitrogens with one attached hydrogen (secondary N) is 1. The van der Waals surface area contributed by atoms with Crippen LogP contribution in [0.15, 0.2) is 53.0 Å². The van der Waals surface area contributed by atoms with Crippen LogP contribution in [0.25, 0.3) is 0 Å². The summed E-state index contributed by atoms with van der Waals surface area (Å²) in [6.45, 7) is 2.25. The molecule has 6 heteroatoms. The zero-order valence-electron chi connectivity index (χ0n) is 13.6. The largest absolute Gasteiger partial charge is 0.495 e. The van der Waals surface area contributed by atoms with Gasteiger partial charge in [-0.05, 0) is 43.3 Å². The third kappa shape index (κ3) is 4.58. The Morgan fingerprint density at radius 3 is 2.42 bits per heavy atom. The molecular formula is C18H19BrN2O3. The average molecular weight is 391 g/mol. The molecular weight excluding hydrogens is 372 g/mol. The molecule has 0 saturated carbocycles. The minimum atomic E-state index is -0.271. The molecule has 2 amide bonds. The highest BCUT2D eigenvalue weighted by molar-refractivity contribution is 9.10. The summed E-state index contributed by atoms with van der Waals surface area (Å²) in [5.74, 6) is 0.125. The fraction of sp³-hybridized carbons (Fsp3) is 0.222. The maximum Gasteiger partial charge on any atom is 0.254 e. The van der Waals surface area contributed by atoms with E-state index in [0.717, 1.165) is 4.47 Å². The van der Waals surface area contributed by atoms with Crippen molar-refractivity contribution in [3.05, 3.63) is 58.6 Å². The van der Waals surface area contributed by atoms with Crippen molar-refractivity contribution in [3.63, 3.8) is 0 Å². The van der Waals surface area contributed by atoms with Crippen LogP contribution < -0.4 is 10.1 Å². The highest BCUT2D eigenvalue weighted by Crippen LogP contribution is 2.23. The van der Waals surface area contributed by atoms with Crippen LogP contribution in [0.1, 0.15) is 17.3 Å². The van der Waals surface area contributed by atoms with Crippen molar-refractivity contribution in [1.29, 1.82) is 0 Å². The lowest BCUT2D eigenvalue weighted by Gasteiger charge is -2.21. The van der Waals surface area contributed by atoms with Crippen LogP contribution in [0, 0.1) is 0 Å². The van der Waals surface area contributed by atoms with Crippen molar-refractivity contribution < 1.29 is 14.3 Å². The predicted octanol–water partition coefficient (Wildman–Crippen LogP) is 3.56. The molecule has 0 bridgehead atoms. The molecule has 2 rings (SSSR count). The quantitative estimate of drug-likeness (QED) is 0.819. The summed E-state index contributed by atoms with van der Waals surface area (Å²) in [5.41, 5.74) is 1.13. The summed E-state index contributed by atoms with van der Waals surface area (Å²) < 4.78 is 6.10. The molecule has 5 nitrogen and oxygen atoms in total. The van der Waals surface area contributed by atoms with Gasteiger partial charge >= 0.3 is 0 Å². The van der Waals surface area contributed by atoms with E-state index < -0.39 is 0 Å². The summed E-state index contributed by atoms with van der Waals surface area (Å²) in [5, 5.41) is 2.78. The molecule has 1 N–H and O–H groups in total. The molecule has 0 atom stereocenters. The number of likely N-dealkylation sites (N-methyl/N-ethyl adjacent to an activating group) is 1. The number of methoxy groups -OCH3 is 1. The summed E-state index contributed by atoms with van der Waals surface area (Å²) in [4.78, 5) is 26.3. The molecule has 0 fully saturated rings. The number of carbonyl (C=O) groups excluding carboxylic acids is 2. The van der Waals surface area contributed by atoms with Gasteiger partial charge in [0.2, 0.25) is 5.91 Å². The summed E-state index contributed by atoms with van der Waals surface area (Å²) in [7, 11) is 1.54. The van der Waals surface area contributed by atoms with Gasteiger partial charge in [0, 0.05) is 16.6 Å². The summed E-state index contributed by atoms with van der Waals surface area (Å²) in [6.07, 6.45) is 0. The van der Waals surface area contributed by atoms with Gasteiger partial charge in [-0.3, -0.25) is 9.59 Å². The number of benzene rings is 2. The van der Waals surface area contributed by atoms with Crippen LogP contribution in [0.2, 0.25) is 0 Å². The van der Waals surface area contributed by atoms with Crippen LogP contribution >= 0.6 is 15.9 Å². The molecule has 0 aromatic heterocycles. The van der Waals surface area contributed by atoms with Crippen LogP contribution in [-0.2, 0) is 4.79 Å². The zero-order chi connectivity index (χ0) is 17.5. The summed E-state index contributed by atoms with van der Waals surface area (Å²) >= 11 is 3.34. The molecule has 2 aromatic rings. The number of carbonyl (C=O) groups is 2. The van der Waals surface area contributed by atoms with E-state index in [-0.39, 0.29) is 18.4 Å². The fourth-order valence-electron chi connectivity index (χ4n) is 2.21. The lowest BCUT2D eigenvalue weighted by atomic mass is 10.2. The first-order chi connectivity index (χ1) is 11.5. The Bertz CT molecular complexity index is 716. The number of nitrogens with zero attached hydrogens (tertiary/aromatic N) is 1. The average Bonchev–Trinajstić information content (AvgIpc) is 2.60. The lowest BCUT2D eigenvalue weighted by molar-refractivity contribution is -0.116. The van der Waals surface area contributed by atoms with Gasteiger partial charge in [-0.2, -0.15) is 0 Å². The minimum absolute atomic E-state index is 0.0244. The topological polar surface area (TPSA) is 58.6 Å². The normalized spacial score (nSPS) is 10.1. The van der Waals surface area contributed by atoms with Crippen LogP contribution in [0.4, 0.5) is 5.69 Å². The number of anilines is 1. The lowest BCUT2D eigenvalue weighted by Crippen LogP contribution is -2.37. The molecule has 0 radical (unpaired) electrons. The van der Waals surface area contributed by atoms with Crippen LogP contribution in [0.5, 0.6) is 5.75 Å². The Morgan fingerprint density at radius 1 is 1.12 bits per heavy atom. The number of hydrogen-bond donors (Lipinski definition) is 1. The summed E-state index contributed by atoms with van der Waals surface area (Å²) in [6, 6.07) is 14.2.